The van der Waals surface area contributed by atoms with Gasteiger partial charge in [0.2, 0.25) is 5.91 Å². The Hall–Kier alpha value is -2.18. The first-order chi connectivity index (χ1) is 8.04. The zero-order valence-electron chi connectivity index (χ0n) is 9.67. The summed E-state index contributed by atoms with van der Waals surface area (Å²) >= 11 is 0. The number of amides is 1. The standard InChI is InChI=1S/C10H14N4O3/c1-3-11-9(15)6-14(2)8-5-12-7(4-13-8)10(16)17/h4-5H,3,6H2,1-2H3,(H,11,15)(H,16,17). The molecule has 0 aliphatic carbocycles. The molecule has 0 saturated carbocycles. The molecule has 0 spiro atoms. The number of carbonyl (C=O) groups excluding carboxylic acids is 1. The van der Waals surface area contributed by atoms with Gasteiger partial charge in [0, 0.05) is 13.6 Å². The highest BCUT2D eigenvalue weighted by Crippen LogP contribution is 2.06. The Bertz CT molecular complexity index is 405. The average Bonchev–Trinajstić information content (AvgIpc) is 2.29. The van der Waals surface area contributed by atoms with Crippen molar-refractivity contribution in [2.45, 2.75) is 6.92 Å². The maximum atomic E-state index is 11.3. The Morgan fingerprint density at radius 3 is 2.59 bits per heavy atom. The number of anilines is 1. The average molecular weight is 238 g/mol. The lowest BCUT2D eigenvalue weighted by Gasteiger charge is -2.16. The molecule has 1 aromatic rings. The predicted octanol–water partition coefficient (Wildman–Crippen LogP) is -0.253. The molecule has 7 heteroatoms. The molecule has 2 N–H and O–H groups in total. The summed E-state index contributed by atoms with van der Waals surface area (Å²) in [6, 6.07) is 0. The Balaban J connectivity index is 2.66. The summed E-state index contributed by atoms with van der Waals surface area (Å²) < 4.78 is 0. The fourth-order valence-electron chi connectivity index (χ4n) is 1.18. The van der Waals surface area contributed by atoms with E-state index in [0.29, 0.717) is 12.4 Å². The van der Waals surface area contributed by atoms with Crippen LogP contribution in [0.2, 0.25) is 0 Å². The van der Waals surface area contributed by atoms with E-state index in [2.05, 4.69) is 15.3 Å². The molecule has 0 fully saturated rings. The Morgan fingerprint density at radius 2 is 2.12 bits per heavy atom. The molecule has 0 aromatic carbocycles. The van der Waals surface area contributed by atoms with Gasteiger partial charge in [0.25, 0.3) is 0 Å². The summed E-state index contributed by atoms with van der Waals surface area (Å²) in [5, 5.41) is 11.3. The summed E-state index contributed by atoms with van der Waals surface area (Å²) in [5.41, 5.74) is -0.125. The topological polar surface area (TPSA) is 95.4 Å². The van der Waals surface area contributed by atoms with Crippen molar-refractivity contribution in [3.63, 3.8) is 0 Å². The number of likely N-dealkylation sites (N-methyl/N-ethyl adjacent to an activating group) is 2. The summed E-state index contributed by atoms with van der Waals surface area (Å²) in [7, 11) is 1.68. The minimum Gasteiger partial charge on any atom is -0.476 e. The van der Waals surface area contributed by atoms with Crippen molar-refractivity contribution in [3.8, 4) is 0 Å². The first kappa shape index (κ1) is 12.9. The summed E-state index contributed by atoms with van der Waals surface area (Å²) in [5.74, 6) is -0.809. The molecule has 0 unspecified atom stereocenters. The van der Waals surface area contributed by atoms with E-state index in [1.807, 2.05) is 6.92 Å². The van der Waals surface area contributed by atoms with Gasteiger partial charge < -0.3 is 15.3 Å². The molecule has 17 heavy (non-hydrogen) atoms. The van der Waals surface area contributed by atoms with Gasteiger partial charge in [0.1, 0.15) is 5.82 Å². The van der Waals surface area contributed by atoms with Gasteiger partial charge in [-0.15, -0.1) is 0 Å². The molecule has 0 aliphatic heterocycles. The number of carbonyl (C=O) groups is 2. The molecule has 0 saturated heterocycles. The smallest absolute Gasteiger partial charge is 0.356 e. The first-order valence-electron chi connectivity index (χ1n) is 5.07. The highest BCUT2D eigenvalue weighted by Gasteiger charge is 2.10. The second kappa shape index (κ2) is 5.78. The van der Waals surface area contributed by atoms with E-state index in [1.54, 1.807) is 11.9 Å². The van der Waals surface area contributed by atoms with Crippen molar-refractivity contribution >= 4 is 17.7 Å². The van der Waals surface area contributed by atoms with Gasteiger partial charge in [0.05, 0.1) is 18.9 Å². The van der Waals surface area contributed by atoms with Crippen LogP contribution < -0.4 is 10.2 Å². The third-order valence-electron chi connectivity index (χ3n) is 2.00. The molecule has 92 valence electrons. The summed E-state index contributed by atoms with van der Waals surface area (Å²) in [6.45, 7) is 2.55. The van der Waals surface area contributed by atoms with Gasteiger partial charge in [-0.1, -0.05) is 0 Å². The van der Waals surface area contributed by atoms with E-state index in [9.17, 15) is 9.59 Å². The van der Waals surface area contributed by atoms with Crippen LogP contribution in [0.25, 0.3) is 0 Å². The number of hydrogen-bond donors (Lipinski definition) is 2. The van der Waals surface area contributed by atoms with Crippen LogP contribution in [0.4, 0.5) is 5.82 Å². The van der Waals surface area contributed by atoms with Crippen molar-refractivity contribution in [3.05, 3.63) is 18.1 Å². The number of aromatic nitrogens is 2. The third kappa shape index (κ3) is 3.71. The lowest BCUT2D eigenvalue weighted by Crippen LogP contribution is -2.35. The van der Waals surface area contributed by atoms with Crippen LogP contribution in [0.1, 0.15) is 17.4 Å². The molecule has 0 aliphatic rings. The zero-order chi connectivity index (χ0) is 12.8. The molecule has 0 radical (unpaired) electrons. The number of nitrogens with one attached hydrogen (secondary N) is 1. The number of hydrogen-bond acceptors (Lipinski definition) is 5. The van der Waals surface area contributed by atoms with Gasteiger partial charge >= 0.3 is 5.97 Å². The molecule has 0 bridgehead atoms. The van der Waals surface area contributed by atoms with Gasteiger partial charge in [-0.25, -0.2) is 14.8 Å². The molecule has 0 atom stereocenters. The van der Waals surface area contributed by atoms with Gasteiger partial charge in [-0.3, -0.25) is 4.79 Å². The lowest BCUT2D eigenvalue weighted by molar-refractivity contribution is -0.119. The first-order valence-corrected chi connectivity index (χ1v) is 5.07. The SMILES string of the molecule is CCNC(=O)CN(C)c1cnc(C(=O)O)cn1. The van der Waals surface area contributed by atoms with Crippen LogP contribution in [0, 0.1) is 0 Å². The van der Waals surface area contributed by atoms with Gasteiger partial charge in [-0.05, 0) is 6.92 Å². The van der Waals surface area contributed by atoms with E-state index in [1.165, 1.54) is 6.20 Å². The van der Waals surface area contributed by atoms with Gasteiger partial charge in [-0.2, -0.15) is 0 Å². The molecule has 1 aromatic heterocycles. The fourth-order valence-corrected chi connectivity index (χ4v) is 1.18. The van der Waals surface area contributed by atoms with Crippen LogP contribution in [0.5, 0.6) is 0 Å². The van der Waals surface area contributed by atoms with E-state index < -0.39 is 5.97 Å². The van der Waals surface area contributed by atoms with Crippen LogP contribution in [-0.4, -0.2) is 47.1 Å². The number of aromatic carboxylic acids is 1. The third-order valence-corrected chi connectivity index (χ3v) is 2.00. The number of carboxylic acids is 1. The van der Waals surface area contributed by atoms with Crippen molar-refractivity contribution in [2.75, 3.05) is 25.0 Å². The minimum absolute atomic E-state index is 0.125. The quantitative estimate of drug-likeness (QED) is 0.734. The van der Waals surface area contributed by atoms with E-state index in [4.69, 9.17) is 5.11 Å². The second-order valence-corrected chi connectivity index (χ2v) is 3.37. The van der Waals surface area contributed by atoms with E-state index >= 15 is 0 Å². The largest absolute Gasteiger partial charge is 0.476 e. The fraction of sp³-hybridized carbons (Fsp3) is 0.400. The monoisotopic (exact) mass is 238 g/mol. The maximum absolute atomic E-state index is 11.3. The van der Waals surface area contributed by atoms with Crippen molar-refractivity contribution in [1.82, 2.24) is 15.3 Å². The number of carboxylic acid groups (broad SMARTS) is 1. The van der Waals surface area contributed by atoms with Gasteiger partial charge in [0.15, 0.2) is 5.69 Å². The molecule has 1 amide bonds. The van der Waals surface area contributed by atoms with E-state index in [0.717, 1.165) is 6.20 Å². The minimum atomic E-state index is -1.13. The van der Waals surface area contributed by atoms with Crippen LogP contribution in [0.15, 0.2) is 12.4 Å². The zero-order valence-corrected chi connectivity index (χ0v) is 9.67. The van der Waals surface area contributed by atoms with Crippen molar-refractivity contribution < 1.29 is 14.7 Å². The maximum Gasteiger partial charge on any atom is 0.356 e. The highest BCUT2D eigenvalue weighted by molar-refractivity contribution is 5.85. The van der Waals surface area contributed by atoms with Crippen molar-refractivity contribution in [2.24, 2.45) is 0 Å². The molecule has 1 rings (SSSR count). The Morgan fingerprint density at radius 1 is 1.41 bits per heavy atom. The summed E-state index contributed by atoms with van der Waals surface area (Å²) in [4.78, 5) is 31.1. The number of rotatable bonds is 5. The second-order valence-electron chi connectivity index (χ2n) is 3.37. The van der Waals surface area contributed by atoms with Crippen LogP contribution in [-0.2, 0) is 4.79 Å². The molecular formula is C10H14N4O3. The van der Waals surface area contributed by atoms with E-state index in [-0.39, 0.29) is 18.1 Å². The highest BCUT2D eigenvalue weighted by atomic mass is 16.4. The molecule has 7 nitrogen and oxygen atoms in total. The van der Waals surface area contributed by atoms with Crippen LogP contribution >= 0.6 is 0 Å². The molecular weight excluding hydrogens is 224 g/mol. The Labute approximate surface area is 98.5 Å². The molecule has 1 heterocycles. The normalized spacial score (nSPS) is 9.76. The lowest BCUT2D eigenvalue weighted by atomic mass is 10.4. The number of nitrogens with zero attached hydrogens (tertiary/aromatic N) is 3. The Kier molecular flexibility index (Phi) is 4.38. The van der Waals surface area contributed by atoms with Crippen molar-refractivity contribution in [1.29, 1.82) is 0 Å². The predicted molar refractivity (Wildman–Crippen MR) is 60.9 cm³/mol. The van der Waals surface area contributed by atoms with Crippen LogP contribution in [0.3, 0.4) is 0 Å². The summed E-state index contributed by atoms with van der Waals surface area (Å²) in [6.07, 6.45) is 2.48.